The normalized spacial score (nSPS) is 10.3. The van der Waals surface area contributed by atoms with Crippen molar-refractivity contribution in [1.82, 2.24) is 15.4 Å². The number of rotatable bonds is 2. The average molecular weight is 215 g/mol. The number of hydrazine groups is 1. The van der Waals surface area contributed by atoms with Crippen molar-refractivity contribution in [3.8, 4) is 0 Å². The molecule has 0 radical (unpaired) electrons. The van der Waals surface area contributed by atoms with Gasteiger partial charge in [-0.3, -0.25) is 10.2 Å². The molecule has 0 aliphatic heterocycles. The lowest BCUT2D eigenvalue weighted by molar-refractivity contribution is 0.0852. The molecule has 0 unspecified atom stereocenters. The molecule has 1 aromatic rings. The molecule has 76 valence electrons. The van der Waals surface area contributed by atoms with Gasteiger partial charge in [-0.2, -0.15) is 0 Å². The summed E-state index contributed by atoms with van der Waals surface area (Å²) in [5, 5.41) is 1.78. The molecule has 0 saturated heterocycles. The van der Waals surface area contributed by atoms with Crippen LogP contribution in [0.25, 0.3) is 0 Å². The number of hydrogen-bond acceptors (Lipinski definition) is 4. The van der Waals surface area contributed by atoms with Crippen LogP contribution in [0.2, 0.25) is 5.02 Å². The zero-order chi connectivity index (χ0) is 10.7. The molecule has 0 atom stereocenters. The third kappa shape index (κ3) is 2.58. The fourth-order valence-electron chi connectivity index (χ4n) is 0.873. The standard InChI is InChI=1S/C8H11ClN4O/c1-13(2)12-8(14)7-5(9)3-4-6(10)11-7/h3-4H,1-2H3,(H2,10,11)(H,12,14). The van der Waals surface area contributed by atoms with Crippen LogP contribution in [0.4, 0.5) is 5.82 Å². The molecule has 1 amide bonds. The quantitative estimate of drug-likeness (QED) is 0.705. The van der Waals surface area contributed by atoms with Crippen molar-refractivity contribution in [1.29, 1.82) is 0 Å². The Morgan fingerprint density at radius 2 is 2.21 bits per heavy atom. The van der Waals surface area contributed by atoms with Gasteiger partial charge in [0.15, 0.2) is 5.69 Å². The lowest BCUT2D eigenvalue weighted by Crippen LogP contribution is -2.36. The number of aromatic nitrogens is 1. The first-order valence-corrected chi connectivity index (χ1v) is 4.29. The first-order chi connectivity index (χ1) is 6.50. The van der Waals surface area contributed by atoms with Gasteiger partial charge in [0.1, 0.15) is 5.82 Å². The Balaban J connectivity index is 2.94. The van der Waals surface area contributed by atoms with Gasteiger partial charge in [-0.1, -0.05) is 11.6 Å². The summed E-state index contributed by atoms with van der Waals surface area (Å²) >= 11 is 5.78. The van der Waals surface area contributed by atoms with E-state index in [-0.39, 0.29) is 22.4 Å². The van der Waals surface area contributed by atoms with Gasteiger partial charge in [-0.15, -0.1) is 0 Å². The molecule has 0 aliphatic carbocycles. The van der Waals surface area contributed by atoms with E-state index in [1.54, 1.807) is 14.1 Å². The van der Waals surface area contributed by atoms with Gasteiger partial charge in [0.25, 0.3) is 5.91 Å². The monoisotopic (exact) mass is 214 g/mol. The van der Waals surface area contributed by atoms with Crippen LogP contribution < -0.4 is 11.2 Å². The summed E-state index contributed by atoms with van der Waals surface area (Å²) in [6.07, 6.45) is 0. The maximum absolute atomic E-state index is 11.5. The van der Waals surface area contributed by atoms with Gasteiger partial charge < -0.3 is 5.73 Å². The molecule has 5 nitrogen and oxygen atoms in total. The van der Waals surface area contributed by atoms with Gasteiger partial charge in [-0.25, -0.2) is 9.99 Å². The molecule has 0 bridgehead atoms. The van der Waals surface area contributed by atoms with Crippen LogP contribution in [-0.4, -0.2) is 30.0 Å². The Hall–Kier alpha value is -1.33. The molecule has 1 rings (SSSR count). The Bertz CT molecular complexity index is 353. The average Bonchev–Trinajstić information content (AvgIpc) is 2.08. The molecule has 1 heterocycles. The Morgan fingerprint density at radius 3 is 2.79 bits per heavy atom. The Morgan fingerprint density at radius 1 is 1.57 bits per heavy atom. The lowest BCUT2D eigenvalue weighted by atomic mass is 10.3. The van der Waals surface area contributed by atoms with E-state index in [1.165, 1.54) is 17.1 Å². The minimum absolute atomic E-state index is 0.125. The van der Waals surface area contributed by atoms with E-state index in [4.69, 9.17) is 17.3 Å². The van der Waals surface area contributed by atoms with Crippen LogP contribution >= 0.6 is 11.6 Å². The van der Waals surface area contributed by atoms with Crippen molar-refractivity contribution in [3.63, 3.8) is 0 Å². The van der Waals surface area contributed by atoms with Crippen LogP contribution in [0.15, 0.2) is 12.1 Å². The van der Waals surface area contributed by atoms with E-state index in [0.29, 0.717) is 0 Å². The van der Waals surface area contributed by atoms with Crippen LogP contribution in [0, 0.1) is 0 Å². The highest BCUT2D eigenvalue weighted by molar-refractivity contribution is 6.33. The molecule has 0 fully saturated rings. The van der Waals surface area contributed by atoms with E-state index >= 15 is 0 Å². The summed E-state index contributed by atoms with van der Waals surface area (Å²) in [6.45, 7) is 0. The number of nitrogens with zero attached hydrogens (tertiary/aromatic N) is 2. The van der Waals surface area contributed by atoms with Crippen molar-refractivity contribution in [2.45, 2.75) is 0 Å². The van der Waals surface area contributed by atoms with Crippen molar-refractivity contribution in [3.05, 3.63) is 22.8 Å². The van der Waals surface area contributed by atoms with E-state index in [0.717, 1.165) is 0 Å². The lowest BCUT2D eigenvalue weighted by Gasteiger charge is -2.11. The molecule has 14 heavy (non-hydrogen) atoms. The minimum atomic E-state index is -0.382. The Kier molecular flexibility index (Phi) is 3.27. The van der Waals surface area contributed by atoms with Crippen molar-refractivity contribution in [2.24, 2.45) is 0 Å². The highest BCUT2D eigenvalue weighted by Crippen LogP contribution is 2.14. The van der Waals surface area contributed by atoms with Gasteiger partial charge in [0.2, 0.25) is 0 Å². The maximum atomic E-state index is 11.5. The fraction of sp³-hybridized carbons (Fsp3) is 0.250. The summed E-state index contributed by atoms with van der Waals surface area (Å²) in [4.78, 5) is 15.3. The number of nitrogens with two attached hydrogens (primary N) is 1. The zero-order valence-corrected chi connectivity index (χ0v) is 8.67. The Labute approximate surface area is 86.8 Å². The summed E-state index contributed by atoms with van der Waals surface area (Å²) < 4.78 is 0. The second kappa shape index (κ2) is 4.26. The van der Waals surface area contributed by atoms with Gasteiger partial charge >= 0.3 is 0 Å². The minimum Gasteiger partial charge on any atom is -0.384 e. The third-order valence-corrected chi connectivity index (χ3v) is 1.71. The molecule has 1 aromatic heterocycles. The molecule has 0 spiro atoms. The molecule has 0 aliphatic rings. The molecule has 0 saturated carbocycles. The second-order valence-electron chi connectivity index (χ2n) is 2.90. The van der Waals surface area contributed by atoms with E-state index in [9.17, 15) is 4.79 Å². The topological polar surface area (TPSA) is 71.2 Å². The fourth-order valence-corrected chi connectivity index (χ4v) is 1.06. The number of carbonyl (C=O) groups excluding carboxylic acids is 1. The van der Waals surface area contributed by atoms with Crippen LogP contribution in [0.1, 0.15) is 10.5 Å². The highest BCUT2D eigenvalue weighted by atomic mass is 35.5. The van der Waals surface area contributed by atoms with E-state index in [1.807, 2.05) is 0 Å². The van der Waals surface area contributed by atoms with Crippen LogP contribution in [-0.2, 0) is 0 Å². The van der Waals surface area contributed by atoms with Gasteiger partial charge in [-0.05, 0) is 12.1 Å². The number of carbonyl (C=O) groups is 1. The molecule has 3 N–H and O–H groups in total. The molecular weight excluding hydrogens is 204 g/mol. The van der Waals surface area contributed by atoms with Crippen LogP contribution in [0.5, 0.6) is 0 Å². The summed E-state index contributed by atoms with van der Waals surface area (Å²) in [5.74, 6) is -0.120. The summed E-state index contributed by atoms with van der Waals surface area (Å²) in [6, 6.07) is 3.07. The number of amides is 1. The summed E-state index contributed by atoms with van der Waals surface area (Å²) in [5.41, 5.74) is 8.08. The number of pyridine rings is 1. The number of nitrogen functional groups attached to an aromatic ring is 1. The summed E-state index contributed by atoms with van der Waals surface area (Å²) in [7, 11) is 3.39. The molecule has 6 heteroatoms. The second-order valence-corrected chi connectivity index (χ2v) is 3.31. The van der Waals surface area contributed by atoms with Crippen molar-refractivity contribution in [2.75, 3.05) is 19.8 Å². The predicted octanol–water partition coefficient (Wildman–Crippen LogP) is 0.524. The third-order valence-electron chi connectivity index (χ3n) is 1.41. The van der Waals surface area contributed by atoms with Gasteiger partial charge in [0.05, 0.1) is 5.02 Å². The van der Waals surface area contributed by atoms with E-state index < -0.39 is 0 Å². The van der Waals surface area contributed by atoms with E-state index in [2.05, 4.69) is 10.4 Å². The van der Waals surface area contributed by atoms with Crippen molar-refractivity contribution < 1.29 is 4.79 Å². The molecular formula is C8H11ClN4O. The number of anilines is 1. The first-order valence-electron chi connectivity index (χ1n) is 3.91. The predicted molar refractivity (Wildman–Crippen MR) is 54.8 cm³/mol. The van der Waals surface area contributed by atoms with Gasteiger partial charge in [0, 0.05) is 14.1 Å². The highest BCUT2D eigenvalue weighted by Gasteiger charge is 2.12. The SMILES string of the molecule is CN(C)NC(=O)c1nc(N)ccc1Cl. The van der Waals surface area contributed by atoms with Crippen LogP contribution in [0.3, 0.4) is 0 Å². The zero-order valence-electron chi connectivity index (χ0n) is 7.91. The largest absolute Gasteiger partial charge is 0.384 e. The molecule has 0 aromatic carbocycles. The first kappa shape index (κ1) is 10.7. The number of halogens is 1. The maximum Gasteiger partial charge on any atom is 0.285 e. The number of hydrogen-bond donors (Lipinski definition) is 2. The smallest absolute Gasteiger partial charge is 0.285 e. The number of nitrogens with one attached hydrogen (secondary N) is 1. The van der Waals surface area contributed by atoms with Crippen molar-refractivity contribution >= 4 is 23.3 Å².